The predicted molar refractivity (Wildman–Crippen MR) is 71.9 cm³/mol. The van der Waals surface area contributed by atoms with Crippen LogP contribution in [0, 0.1) is 0 Å². The minimum Gasteiger partial charge on any atom is -0.415 e. The van der Waals surface area contributed by atoms with Crippen LogP contribution in [0.5, 0.6) is 0 Å². The molecule has 0 aromatic carbocycles. The molecule has 1 atom stereocenters. The molecule has 1 aliphatic rings. The van der Waals surface area contributed by atoms with Crippen LogP contribution in [0.15, 0.2) is 9.64 Å². The van der Waals surface area contributed by atoms with E-state index >= 15 is 0 Å². The molecule has 0 spiro atoms. The molecule has 3 amide bonds. The molecular formula is C10H14N4O3S2. The fourth-order valence-electron chi connectivity index (χ4n) is 1.57. The first-order chi connectivity index (χ1) is 9.11. The molecule has 2 heterocycles. The zero-order chi connectivity index (χ0) is 13.8. The van der Waals surface area contributed by atoms with Gasteiger partial charge in [-0.1, -0.05) is 11.8 Å². The lowest BCUT2D eigenvalue weighted by Gasteiger charge is -2.15. The van der Waals surface area contributed by atoms with Crippen molar-refractivity contribution in [3.8, 4) is 0 Å². The van der Waals surface area contributed by atoms with Crippen LogP contribution in [-0.2, 0) is 10.5 Å². The van der Waals surface area contributed by atoms with E-state index in [1.165, 1.54) is 16.7 Å². The van der Waals surface area contributed by atoms with Crippen molar-refractivity contribution in [2.75, 3.05) is 19.3 Å². The van der Waals surface area contributed by atoms with Gasteiger partial charge in [0.2, 0.25) is 11.8 Å². The quantitative estimate of drug-likeness (QED) is 0.810. The molecule has 1 fully saturated rings. The lowest BCUT2D eigenvalue weighted by atomic mass is 10.4. The zero-order valence-corrected chi connectivity index (χ0v) is 12.2. The topological polar surface area (TPSA) is 88.3 Å². The smallest absolute Gasteiger partial charge is 0.324 e. The van der Waals surface area contributed by atoms with Crippen molar-refractivity contribution in [3.05, 3.63) is 5.89 Å². The summed E-state index contributed by atoms with van der Waals surface area (Å²) in [6, 6.07) is -0.342. The van der Waals surface area contributed by atoms with Gasteiger partial charge in [-0.05, 0) is 13.2 Å². The second kappa shape index (κ2) is 6.29. The number of nitrogens with zero attached hydrogens (tertiary/aromatic N) is 3. The molecule has 1 N–H and O–H groups in total. The lowest BCUT2D eigenvalue weighted by Crippen LogP contribution is -2.38. The Morgan fingerprint density at radius 1 is 1.58 bits per heavy atom. The van der Waals surface area contributed by atoms with Crippen molar-refractivity contribution in [1.82, 2.24) is 20.4 Å². The van der Waals surface area contributed by atoms with E-state index in [0.717, 1.165) is 0 Å². The third kappa shape index (κ3) is 3.41. The molecule has 1 aromatic rings. The number of carbonyl (C=O) groups is 2. The van der Waals surface area contributed by atoms with E-state index in [1.807, 2.05) is 6.26 Å². The van der Waals surface area contributed by atoms with Gasteiger partial charge >= 0.3 is 6.03 Å². The molecule has 1 saturated heterocycles. The van der Waals surface area contributed by atoms with E-state index in [-0.39, 0.29) is 11.9 Å². The Morgan fingerprint density at radius 2 is 2.37 bits per heavy atom. The minimum absolute atomic E-state index is 0.246. The van der Waals surface area contributed by atoms with Crippen molar-refractivity contribution in [1.29, 1.82) is 0 Å². The molecule has 0 radical (unpaired) electrons. The van der Waals surface area contributed by atoms with Gasteiger partial charge in [-0.25, -0.2) is 4.79 Å². The third-order valence-electron chi connectivity index (χ3n) is 2.46. The molecule has 1 aromatic heterocycles. The molecule has 104 valence electrons. The number of nitrogens with one attached hydrogen (secondary N) is 1. The first-order valence-electron chi connectivity index (χ1n) is 5.69. The molecule has 0 aliphatic carbocycles. The Morgan fingerprint density at radius 3 is 3.00 bits per heavy atom. The van der Waals surface area contributed by atoms with Crippen molar-refractivity contribution in [3.63, 3.8) is 0 Å². The molecule has 1 unspecified atom stereocenters. The fraction of sp³-hybridized carbons (Fsp3) is 0.600. The van der Waals surface area contributed by atoms with Gasteiger partial charge in [0.25, 0.3) is 5.22 Å². The van der Waals surface area contributed by atoms with Crippen LogP contribution in [0.4, 0.5) is 4.79 Å². The molecule has 9 heteroatoms. The first kappa shape index (κ1) is 14.2. The zero-order valence-electron chi connectivity index (χ0n) is 10.6. The summed E-state index contributed by atoms with van der Waals surface area (Å²) >= 11 is 2.75. The van der Waals surface area contributed by atoms with E-state index in [2.05, 4.69) is 15.5 Å². The van der Waals surface area contributed by atoms with Crippen molar-refractivity contribution >= 4 is 35.5 Å². The highest BCUT2D eigenvalue weighted by atomic mass is 32.2. The Balaban J connectivity index is 1.94. The molecule has 7 nitrogen and oxygen atoms in total. The summed E-state index contributed by atoms with van der Waals surface area (Å²) in [6.07, 6.45) is 1.94. The van der Waals surface area contributed by atoms with E-state index in [4.69, 9.17) is 4.42 Å². The molecular weight excluding hydrogens is 288 g/mol. The van der Waals surface area contributed by atoms with Crippen molar-refractivity contribution in [2.45, 2.75) is 23.1 Å². The van der Waals surface area contributed by atoms with Gasteiger partial charge in [0.05, 0.1) is 11.0 Å². The first-order valence-corrected chi connectivity index (χ1v) is 7.96. The van der Waals surface area contributed by atoms with Gasteiger partial charge < -0.3 is 9.73 Å². The van der Waals surface area contributed by atoms with Gasteiger partial charge in [0.15, 0.2) is 0 Å². The number of hydrogen-bond acceptors (Lipinski definition) is 7. The summed E-state index contributed by atoms with van der Waals surface area (Å²) in [4.78, 5) is 24.6. The Kier molecular flexibility index (Phi) is 4.70. The number of amides is 3. The SMILES string of the molecule is CSCc1nnc(SC(C)C(=O)N2CCNC2=O)o1. The van der Waals surface area contributed by atoms with Gasteiger partial charge in [-0.15, -0.1) is 10.2 Å². The van der Waals surface area contributed by atoms with Crippen molar-refractivity contribution < 1.29 is 14.0 Å². The van der Waals surface area contributed by atoms with Gasteiger partial charge in [-0.2, -0.15) is 11.8 Å². The Labute approximate surface area is 118 Å². The molecule has 0 saturated carbocycles. The number of aromatic nitrogens is 2. The second-order valence-corrected chi connectivity index (χ2v) is 6.03. The van der Waals surface area contributed by atoms with Crippen molar-refractivity contribution in [2.24, 2.45) is 0 Å². The number of urea groups is 1. The minimum atomic E-state index is -0.438. The summed E-state index contributed by atoms with van der Waals surface area (Å²) in [7, 11) is 0. The van der Waals surface area contributed by atoms with E-state index in [0.29, 0.717) is 30.0 Å². The highest BCUT2D eigenvalue weighted by Crippen LogP contribution is 2.24. The lowest BCUT2D eigenvalue weighted by molar-refractivity contribution is -0.126. The van der Waals surface area contributed by atoms with Gasteiger partial charge in [0.1, 0.15) is 0 Å². The van der Waals surface area contributed by atoms with E-state index < -0.39 is 5.25 Å². The maximum absolute atomic E-state index is 12.0. The average molecular weight is 302 g/mol. The van der Waals surface area contributed by atoms with Crippen LogP contribution >= 0.6 is 23.5 Å². The number of hydrogen-bond donors (Lipinski definition) is 1. The monoisotopic (exact) mass is 302 g/mol. The standard InChI is InChI=1S/C10H14N4O3S2/c1-6(8(15)14-4-3-11-9(14)16)19-10-13-12-7(17-10)5-18-2/h6H,3-5H2,1-2H3,(H,11,16). The van der Waals surface area contributed by atoms with Crippen LogP contribution in [0.3, 0.4) is 0 Å². The number of thioether (sulfide) groups is 2. The summed E-state index contributed by atoms with van der Waals surface area (Å²) in [6.45, 7) is 2.63. The number of rotatable bonds is 5. The van der Waals surface area contributed by atoms with Crippen LogP contribution in [-0.4, -0.2) is 51.6 Å². The number of carbonyl (C=O) groups excluding carboxylic acids is 2. The molecule has 2 rings (SSSR count). The van der Waals surface area contributed by atoms with E-state index in [1.54, 1.807) is 18.7 Å². The maximum atomic E-state index is 12.0. The van der Waals surface area contributed by atoms with Crippen LogP contribution in [0.2, 0.25) is 0 Å². The average Bonchev–Trinajstić information content (AvgIpc) is 2.98. The molecule has 0 bridgehead atoms. The normalized spacial score (nSPS) is 16.5. The highest BCUT2D eigenvalue weighted by Gasteiger charge is 2.31. The molecule has 19 heavy (non-hydrogen) atoms. The Bertz CT molecular complexity index is 479. The summed E-state index contributed by atoms with van der Waals surface area (Å²) < 4.78 is 5.38. The maximum Gasteiger partial charge on any atom is 0.324 e. The largest absolute Gasteiger partial charge is 0.415 e. The highest BCUT2D eigenvalue weighted by molar-refractivity contribution is 8.00. The van der Waals surface area contributed by atoms with Gasteiger partial charge in [-0.3, -0.25) is 9.69 Å². The molecule has 1 aliphatic heterocycles. The van der Waals surface area contributed by atoms with Crippen LogP contribution in [0.1, 0.15) is 12.8 Å². The Hall–Kier alpha value is -1.22. The van der Waals surface area contributed by atoms with Gasteiger partial charge in [0, 0.05) is 13.1 Å². The van der Waals surface area contributed by atoms with Crippen LogP contribution in [0.25, 0.3) is 0 Å². The summed E-state index contributed by atoms with van der Waals surface area (Å²) in [5.74, 6) is 0.933. The predicted octanol–water partition coefficient (Wildman–Crippen LogP) is 0.965. The summed E-state index contributed by atoms with van der Waals surface area (Å²) in [5, 5.41) is 10.2. The fourth-order valence-corrected chi connectivity index (χ4v) is 2.70. The number of imide groups is 1. The third-order valence-corrected chi connectivity index (χ3v) is 3.92. The van der Waals surface area contributed by atoms with Crippen LogP contribution < -0.4 is 5.32 Å². The second-order valence-electron chi connectivity index (χ2n) is 3.88. The summed E-state index contributed by atoms with van der Waals surface area (Å²) in [5.41, 5.74) is 0. The van der Waals surface area contributed by atoms with E-state index in [9.17, 15) is 9.59 Å².